The molecule has 108 valence electrons. The number of para-hydroxylation sites is 1. The minimum atomic E-state index is -0.0188. The van der Waals surface area contributed by atoms with Crippen molar-refractivity contribution < 1.29 is 14.3 Å². The van der Waals surface area contributed by atoms with Gasteiger partial charge in [-0.05, 0) is 24.5 Å². The zero-order valence-corrected chi connectivity index (χ0v) is 11.7. The largest absolute Gasteiger partial charge is 0.486 e. The summed E-state index contributed by atoms with van der Waals surface area (Å²) in [6.07, 6.45) is 0.944. The number of carbonyl (C=O) groups is 1. The number of nitrogens with two attached hydrogens (primary N) is 1. The van der Waals surface area contributed by atoms with Crippen molar-refractivity contribution in [3.05, 3.63) is 23.8 Å². The first kappa shape index (κ1) is 13.2. The van der Waals surface area contributed by atoms with Crippen molar-refractivity contribution in [3.63, 3.8) is 0 Å². The van der Waals surface area contributed by atoms with Crippen molar-refractivity contribution in [1.82, 2.24) is 4.90 Å². The summed E-state index contributed by atoms with van der Waals surface area (Å²) in [6, 6.07) is 5.49. The predicted octanol–water partition coefficient (Wildman–Crippen LogP) is 1.27. The third kappa shape index (κ3) is 2.33. The lowest BCUT2D eigenvalue weighted by Gasteiger charge is -2.35. The molecular formula is C15H20N2O3. The van der Waals surface area contributed by atoms with Gasteiger partial charge in [0.1, 0.15) is 13.2 Å². The Morgan fingerprint density at radius 1 is 1.35 bits per heavy atom. The normalized spacial score (nSPS) is 25.4. The van der Waals surface area contributed by atoms with Gasteiger partial charge in [0.25, 0.3) is 5.91 Å². The summed E-state index contributed by atoms with van der Waals surface area (Å²) in [5, 5.41) is 0. The average Bonchev–Trinajstić information content (AvgIpc) is 2.49. The van der Waals surface area contributed by atoms with E-state index in [1.807, 2.05) is 17.0 Å². The van der Waals surface area contributed by atoms with E-state index in [1.54, 1.807) is 6.07 Å². The van der Waals surface area contributed by atoms with E-state index in [0.717, 1.165) is 13.0 Å². The molecule has 0 aliphatic carbocycles. The molecule has 2 atom stereocenters. The second-order valence-corrected chi connectivity index (χ2v) is 5.51. The Morgan fingerprint density at radius 3 is 2.95 bits per heavy atom. The van der Waals surface area contributed by atoms with Gasteiger partial charge in [-0.25, -0.2) is 0 Å². The van der Waals surface area contributed by atoms with Crippen molar-refractivity contribution in [1.29, 1.82) is 0 Å². The van der Waals surface area contributed by atoms with E-state index >= 15 is 0 Å². The van der Waals surface area contributed by atoms with Gasteiger partial charge in [0.2, 0.25) is 0 Å². The summed E-state index contributed by atoms with van der Waals surface area (Å²) in [4.78, 5) is 14.5. The number of rotatable bonds is 1. The maximum Gasteiger partial charge on any atom is 0.257 e. The summed E-state index contributed by atoms with van der Waals surface area (Å²) in [5.41, 5.74) is 6.65. The van der Waals surface area contributed by atoms with Crippen LogP contribution in [0.3, 0.4) is 0 Å². The zero-order valence-electron chi connectivity index (χ0n) is 11.7. The van der Waals surface area contributed by atoms with Crippen LogP contribution in [0.2, 0.25) is 0 Å². The fourth-order valence-corrected chi connectivity index (χ4v) is 2.70. The molecule has 0 saturated carbocycles. The summed E-state index contributed by atoms with van der Waals surface area (Å²) < 4.78 is 11.1. The molecule has 3 rings (SSSR count). The van der Waals surface area contributed by atoms with Crippen molar-refractivity contribution >= 4 is 5.91 Å². The van der Waals surface area contributed by atoms with Crippen LogP contribution >= 0.6 is 0 Å². The van der Waals surface area contributed by atoms with Crippen molar-refractivity contribution in [2.75, 3.05) is 26.3 Å². The highest BCUT2D eigenvalue weighted by atomic mass is 16.6. The molecule has 5 heteroatoms. The number of likely N-dealkylation sites (tertiary alicyclic amines) is 1. The third-order valence-electron chi connectivity index (χ3n) is 4.10. The molecule has 0 bridgehead atoms. The van der Waals surface area contributed by atoms with Crippen LogP contribution < -0.4 is 15.2 Å². The van der Waals surface area contributed by atoms with Crippen molar-refractivity contribution in [2.24, 2.45) is 11.7 Å². The molecule has 2 N–H and O–H groups in total. The summed E-state index contributed by atoms with van der Waals surface area (Å²) in [6.45, 7) is 4.49. The number of ether oxygens (including phenoxy) is 2. The van der Waals surface area contributed by atoms with Gasteiger partial charge < -0.3 is 20.1 Å². The SMILES string of the molecule is CC1CCN(C(=O)c2cccc3c2OCCO3)CC1N. The second-order valence-electron chi connectivity index (χ2n) is 5.51. The second kappa shape index (κ2) is 5.32. The summed E-state index contributed by atoms with van der Waals surface area (Å²) in [5.74, 6) is 1.66. The van der Waals surface area contributed by atoms with Crippen LogP contribution in [0, 0.1) is 5.92 Å². The fourth-order valence-electron chi connectivity index (χ4n) is 2.70. The Hall–Kier alpha value is -1.75. The summed E-state index contributed by atoms with van der Waals surface area (Å²) >= 11 is 0. The summed E-state index contributed by atoms with van der Waals surface area (Å²) in [7, 11) is 0. The van der Waals surface area contributed by atoms with Gasteiger partial charge in [0, 0.05) is 19.1 Å². The molecule has 2 heterocycles. The van der Waals surface area contributed by atoms with Crippen LogP contribution in [-0.2, 0) is 0 Å². The molecule has 0 radical (unpaired) electrons. The quantitative estimate of drug-likeness (QED) is 0.839. The lowest BCUT2D eigenvalue weighted by Crippen LogP contribution is -2.49. The van der Waals surface area contributed by atoms with Gasteiger partial charge >= 0.3 is 0 Å². The van der Waals surface area contributed by atoms with Gasteiger partial charge in [-0.2, -0.15) is 0 Å². The average molecular weight is 276 g/mol. The molecule has 2 unspecified atom stereocenters. The fraction of sp³-hybridized carbons (Fsp3) is 0.533. The zero-order chi connectivity index (χ0) is 14.1. The van der Waals surface area contributed by atoms with Crippen LogP contribution in [0.5, 0.6) is 11.5 Å². The van der Waals surface area contributed by atoms with E-state index in [9.17, 15) is 4.79 Å². The molecule has 1 aromatic carbocycles. The Labute approximate surface area is 118 Å². The number of fused-ring (bicyclic) bond motifs is 1. The first-order chi connectivity index (χ1) is 9.66. The minimum absolute atomic E-state index is 0.0188. The van der Waals surface area contributed by atoms with E-state index in [0.29, 0.717) is 42.7 Å². The van der Waals surface area contributed by atoms with Gasteiger partial charge in [-0.3, -0.25) is 4.79 Å². The Balaban J connectivity index is 1.84. The van der Waals surface area contributed by atoms with Crippen LogP contribution in [0.25, 0.3) is 0 Å². The molecule has 1 fully saturated rings. The molecule has 1 saturated heterocycles. The third-order valence-corrected chi connectivity index (χ3v) is 4.10. The molecular weight excluding hydrogens is 256 g/mol. The van der Waals surface area contributed by atoms with E-state index in [-0.39, 0.29) is 11.9 Å². The molecule has 0 spiro atoms. The van der Waals surface area contributed by atoms with Gasteiger partial charge in [-0.15, -0.1) is 0 Å². The first-order valence-corrected chi connectivity index (χ1v) is 7.10. The van der Waals surface area contributed by atoms with E-state index in [1.165, 1.54) is 0 Å². The minimum Gasteiger partial charge on any atom is -0.486 e. The van der Waals surface area contributed by atoms with E-state index in [2.05, 4.69) is 6.92 Å². The maximum absolute atomic E-state index is 12.7. The molecule has 20 heavy (non-hydrogen) atoms. The Morgan fingerprint density at radius 2 is 2.15 bits per heavy atom. The van der Waals surface area contributed by atoms with Crippen LogP contribution in [0.15, 0.2) is 18.2 Å². The van der Waals surface area contributed by atoms with Gasteiger partial charge in [0.05, 0.1) is 5.56 Å². The van der Waals surface area contributed by atoms with Crippen LogP contribution in [0.4, 0.5) is 0 Å². The smallest absolute Gasteiger partial charge is 0.257 e. The number of carbonyl (C=O) groups excluding carboxylic acids is 1. The molecule has 1 aromatic rings. The molecule has 5 nitrogen and oxygen atoms in total. The van der Waals surface area contributed by atoms with E-state index in [4.69, 9.17) is 15.2 Å². The number of hydrogen-bond donors (Lipinski definition) is 1. The number of piperidine rings is 1. The van der Waals surface area contributed by atoms with Gasteiger partial charge in [-0.1, -0.05) is 13.0 Å². The number of nitrogens with zero attached hydrogens (tertiary/aromatic N) is 1. The number of hydrogen-bond acceptors (Lipinski definition) is 4. The standard InChI is InChI=1S/C15H20N2O3/c1-10-5-6-17(9-12(10)16)15(18)11-3-2-4-13-14(11)20-8-7-19-13/h2-4,10,12H,5-9,16H2,1H3. The van der Waals surface area contributed by atoms with Gasteiger partial charge in [0.15, 0.2) is 11.5 Å². The molecule has 2 aliphatic rings. The number of amides is 1. The Bertz CT molecular complexity index is 518. The van der Waals surface area contributed by atoms with E-state index < -0.39 is 0 Å². The first-order valence-electron chi connectivity index (χ1n) is 7.10. The van der Waals surface area contributed by atoms with Crippen molar-refractivity contribution in [3.8, 4) is 11.5 Å². The highest BCUT2D eigenvalue weighted by Gasteiger charge is 2.29. The molecule has 1 amide bonds. The highest BCUT2D eigenvalue weighted by molar-refractivity contribution is 5.98. The highest BCUT2D eigenvalue weighted by Crippen LogP contribution is 2.34. The number of benzene rings is 1. The lowest BCUT2D eigenvalue weighted by molar-refractivity contribution is 0.0662. The topological polar surface area (TPSA) is 64.8 Å². The molecule has 2 aliphatic heterocycles. The van der Waals surface area contributed by atoms with Crippen LogP contribution in [-0.4, -0.2) is 43.2 Å². The monoisotopic (exact) mass is 276 g/mol. The van der Waals surface area contributed by atoms with Crippen molar-refractivity contribution in [2.45, 2.75) is 19.4 Å². The maximum atomic E-state index is 12.7. The molecule has 0 aromatic heterocycles. The Kier molecular flexibility index (Phi) is 3.53. The predicted molar refractivity (Wildman–Crippen MR) is 75.1 cm³/mol. The lowest BCUT2D eigenvalue weighted by atomic mass is 9.94. The van der Waals surface area contributed by atoms with Crippen LogP contribution in [0.1, 0.15) is 23.7 Å².